The molecule has 0 saturated carbocycles. The molecule has 7 nitrogen and oxygen atoms in total. The van der Waals surface area contributed by atoms with E-state index in [-0.39, 0.29) is 34.6 Å². The van der Waals surface area contributed by atoms with Crippen LogP contribution in [-0.2, 0) is 32.6 Å². The van der Waals surface area contributed by atoms with Crippen molar-refractivity contribution in [2.75, 3.05) is 24.2 Å². The Morgan fingerprint density at radius 3 is 2.27 bits per heavy atom. The average molecular weight is 627 g/mol. The number of hydrogen-bond donors (Lipinski definition) is 1. The molecule has 0 aromatic heterocycles. The molecule has 0 fully saturated rings. The second-order valence-corrected chi connectivity index (χ2v) is 12.0. The zero-order valence-electron chi connectivity index (χ0n) is 20.2. The number of rotatable bonds is 10. The number of carbonyl (C=O) groups is 2. The van der Waals surface area contributed by atoms with E-state index in [0.717, 1.165) is 26.2 Å². The molecular weight excluding hydrogens is 601 g/mol. The fourth-order valence-electron chi connectivity index (χ4n) is 3.82. The quantitative estimate of drug-likeness (QED) is 0.347. The first kappa shape index (κ1) is 29.0. The van der Waals surface area contributed by atoms with Crippen LogP contribution in [-0.4, -0.2) is 51.0 Å². The van der Waals surface area contributed by atoms with Gasteiger partial charge in [0, 0.05) is 29.5 Å². The van der Waals surface area contributed by atoms with Gasteiger partial charge < -0.3 is 10.2 Å². The summed E-state index contributed by atoms with van der Waals surface area (Å²) >= 11 is 15.8. The van der Waals surface area contributed by atoms with Gasteiger partial charge in [-0.05, 0) is 41.5 Å². The summed E-state index contributed by atoms with van der Waals surface area (Å²) in [6.45, 7) is -0.501. The van der Waals surface area contributed by atoms with Crippen molar-refractivity contribution in [2.45, 2.75) is 19.0 Å². The molecule has 0 aliphatic rings. The molecule has 0 unspecified atom stereocenters. The molecule has 0 bridgehead atoms. The monoisotopic (exact) mass is 625 g/mol. The number of likely N-dealkylation sites (N-methyl/N-ethyl adjacent to an activating group) is 1. The lowest BCUT2D eigenvalue weighted by molar-refractivity contribution is -0.139. The smallest absolute Gasteiger partial charge is 0.244 e. The number of sulfonamides is 1. The van der Waals surface area contributed by atoms with Crippen molar-refractivity contribution < 1.29 is 18.0 Å². The van der Waals surface area contributed by atoms with Crippen LogP contribution in [0.4, 0.5) is 5.69 Å². The van der Waals surface area contributed by atoms with Gasteiger partial charge in [0.15, 0.2) is 0 Å². The number of carbonyl (C=O) groups excluding carboxylic acids is 2. The molecule has 196 valence electrons. The molecule has 0 spiro atoms. The third kappa shape index (κ3) is 7.95. The van der Waals surface area contributed by atoms with Gasteiger partial charge in [0.05, 0.1) is 17.0 Å². The van der Waals surface area contributed by atoms with E-state index in [1.165, 1.54) is 30.1 Å². The van der Waals surface area contributed by atoms with Crippen LogP contribution in [0.2, 0.25) is 10.0 Å². The van der Waals surface area contributed by atoms with Crippen LogP contribution in [0.3, 0.4) is 0 Å². The number of amides is 2. The van der Waals surface area contributed by atoms with E-state index < -0.39 is 28.5 Å². The summed E-state index contributed by atoms with van der Waals surface area (Å²) < 4.78 is 27.3. The Morgan fingerprint density at radius 1 is 0.973 bits per heavy atom. The number of halogens is 3. The van der Waals surface area contributed by atoms with Crippen molar-refractivity contribution in [3.8, 4) is 0 Å². The highest BCUT2D eigenvalue weighted by Crippen LogP contribution is 2.31. The molecule has 0 heterocycles. The average Bonchev–Trinajstić information content (AvgIpc) is 2.85. The lowest BCUT2D eigenvalue weighted by Crippen LogP contribution is -2.52. The summed E-state index contributed by atoms with van der Waals surface area (Å²) in [5.41, 5.74) is 1.68. The molecule has 0 saturated heterocycles. The van der Waals surface area contributed by atoms with Gasteiger partial charge in [0.2, 0.25) is 21.8 Å². The number of anilines is 1. The summed E-state index contributed by atoms with van der Waals surface area (Å²) in [6.07, 6.45) is 1.22. The maximum atomic E-state index is 13.9. The Labute approximate surface area is 235 Å². The molecule has 0 aliphatic heterocycles. The van der Waals surface area contributed by atoms with E-state index in [1.807, 2.05) is 54.6 Å². The number of benzene rings is 3. The van der Waals surface area contributed by atoms with Crippen molar-refractivity contribution in [3.63, 3.8) is 0 Å². The zero-order valence-corrected chi connectivity index (χ0v) is 24.1. The van der Waals surface area contributed by atoms with Crippen LogP contribution in [0.15, 0.2) is 77.3 Å². The van der Waals surface area contributed by atoms with E-state index in [4.69, 9.17) is 23.2 Å². The largest absolute Gasteiger partial charge is 0.357 e. The third-order valence-electron chi connectivity index (χ3n) is 5.62. The fourth-order valence-corrected chi connectivity index (χ4v) is 5.56. The van der Waals surface area contributed by atoms with Crippen molar-refractivity contribution in [3.05, 3.63) is 98.4 Å². The molecule has 3 aromatic rings. The molecule has 0 radical (unpaired) electrons. The standard InChI is InChI=1S/C26H26BrCl2N3O4S/c1-30-26(34)24(14-18-7-4-3-5-8-18)31(16-19-9-6-10-20(27)13-19)25(33)17-32(37(2,35)36)23-15-21(28)11-12-22(23)29/h3-13,15,24H,14,16-17H2,1-2H3,(H,30,34)/t24-/m1/s1. The molecule has 37 heavy (non-hydrogen) atoms. The van der Waals surface area contributed by atoms with E-state index in [0.29, 0.717) is 0 Å². The fraction of sp³-hybridized carbons (Fsp3) is 0.231. The summed E-state index contributed by atoms with van der Waals surface area (Å²) in [5, 5.41) is 3.02. The normalized spacial score (nSPS) is 12.0. The van der Waals surface area contributed by atoms with Crippen LogP contribution in [0.1, 0.15) is 11.1 Å². The summed E-state index contributed by atoms with van der Waals surface area (Å²) in [5.74, 6) is -0.954. The topological polar surface area (TPSA) is 86.8 Å². The predicted molar refractivity (Wildman–Crippen MR) is 151 cm³/mol. The van der Waals surface area contributed by atoms with E-state index >= 15 is 0 Å². The number of nitrogens with one attached hydrogen (secondary N) is 1. The van der Waals surface area contributed by atoms with E-state index in [2.05, 4.69) is 21.2 Å². The van der Waals surface area contributed by atoms with Gasteiger partial charge in [-0.25, -0.2) is 8.42 Å². The summed E-state index contributed by atoms with van der Waals surface area (Å²) in [7, 11) is -2.44. The lowest BCUT2D eigenvalue weighted by Gasteiger charge is -2.33. The minimum absolute atomic E-state index is 0.0735. The molecule has 11 heteroatoms. The minimum Gasteiger partial charge on any atom is -0.357 e. The van der Waals surface area contributed by atoms with Gasteiger partial charge in [-0.3, -0.25) is 13.9 Å². The SMILES string of the molecule is CNC(=O)[C@@H](Cc1ccccc1)N(Cc1cccc(Br)c1)C(=O)CN(c1cc(Cl)ccc1Cl)S(C)(=O)=O. The molecular formula is C26H26BrCl2N3O4S. The van der Waals surface area contributed by atoms with Crippen molar-refractivity contribution >= 4 is 66.7 Å². The highest BCUT2D eigenvalue weighted by molar-refractivity contribution is 9.10. The number of hydrogen-bond acceptors (Lipinski definition) is 4. The van der Waals surface area contributed by atoms with Crippen LogP contribution in [0.25, 0.3) is 0 Å². The maximum Gasteiger partial charge on any atom is 0.244 e. The molecule has 2 amide bonds. The highest BCUT2D eigenvalue weighted by Gasteiger charge is 2.33. The molecule has 3 rings (SSSR count). The van der Waals surface area contributed by atoms with Crippen molar-refractivity contribution in [1.29, 1.82) is 0 Å². The second kappa shape index (κ2) is 12.8. The van der Waals surface area contributed by atoms with Crippen molar-refractivity contribution in [2.24, 2.45) is 0 Å². The Kier molecular flexibility index (Phi) is 10.0. The Hall–Kier alpha value is -2.59. The van der Waals surface area contributed by atoms with Gasteiger partial charge in [-0.2, -0.15) is 0 Å². The summed E-state index contributed by atoms with van der Waals surface area (Å²) in [4.78, 5) is 28.3. The van der Waals surface area contributed by atoms with Crippen molar-refractivity contribution in [1.82, 2.24) is 10.2 Å². The van der Waals surface area contributed by atoms with Crippen LogP contribution in [0.5, 0.6) is 0 Å². The Balaban J connectivity index is 2.06. The van der Waals surface area contributed by atoms with Gasteiger partial charge in [0.25, 0.3) is 0 Å². The van der Waals surface area contributed by atoms with E-state index in [9.17, 15) is 18.0 Å². The first-order valence-corrected chi connectivity index (χ1v) is 14.6. The number of nitrogens with zero attached hydrogens (tertiary/aromatic N) is 2. The zero-order chi connectivity index (χ0) is 27.2. The van der Waals surface area contributed by atoms with Gasteiger partial charge in [-0.1, -0.05) is 81.6 Å². The molecule has 3 aromatic carbocycles. The third-order valence-corrected chi connectivity index (χ3v) is 7.79. The van der Waals surface area contributed by atoms with Crippen LogP contribution in [0, 0.1) is 0 Å². The van der Waals surface area contributed by atoms with Gasteiger partial charge >= 0.3 is 0 Å². The predicted octanol–water partition coefficient (Wildman–Crippen LogP) is 4.91. The summed E-state index contributed by atoms with van der Waals surface area (Å²) in [6, 6.07) is 20.1. The second-order valence-electron chi connectivity index (χ2n) is 8.34. The Morgan fingerprint density at radius 2 is 1.65 bits per heavy atom. The Bertz CT molecular complexity index is 1370. The molecule has 1 N–H and O–H groups in total. The maximum absolute atomic E-state index is 13.9. The van der Waals surface area contributed by atoms with E-state index in [1.54, 1.807) is 0 Å². The van der Waals surface area contributed by atoms with Crippen LogP contribution < -0.4 is 9.62 Å². The first-order chi connectivity index (χ1) is 17.5. The van der Waals surface area contributed by atoms with Crippen LogP contribution >= 0.6 is 39.1 Å². The minimum atomic E-state index is -3.94. The van der Waals surface area contributed by atoms with Gasteiger partial charge in [0.1, 0.15) is 12.6 Å². The highest BCUT2D eigenvalue weighted by atomic mass is 79.9. The molecule has 1 atom stereocenters. The molecule has 0 aliphatic carbocycles. The van der Waals surface area contributed by atoms with Gasteiger partial charge in [-0.15, -0.1) is 0 Å². The lowest BCUT2D eigenvalue weighted by atomic mass is 10.0. The first-order valence-electron chi connectivity index (χ1n) is 11.2.